The van der Waals surface area contributed by atoms with Crippen molar-refractivity contribution in [3.8, 4) is 0 Å². The fourth-order valence-corrected chi connectivity index (χ4v) is 3.56. The van der Waals surface area contributed by atoms with E-state index < -0.39 is 19.1 Å². The second-order valence-corrected chi connectivity index (χ2v) is 6.73. The van der Waals surface area contributed by atoms with Crippen LogP contribution >= 0.6 is 7.52 Å². The summed E-state index contributed by atoms with van der Waals surface area (Å²) in [6.45, 7) is 0.737. The van der Waals surface area contributed by atoms with Gasteiger partial charge in [-0.05, 0) is 31.6 Å². The first-order valence-electron chi connectivity index (χ1n) is 5.58. The van der Waals surface area contributed by atoms with Crippen LogP contribution in [0.3, 0.4) is 0 Å². The normalized spacial score (nSPS) is 30.2. The minimum Gasteiger partial charge on any atom is -0.333 e. The Hall–Kier alpha value is -0.420. The Kier molecular flexibility index (Phi) is 3.35. The van der Waals surface area contributed by atoms with E-state index in [1.54, 1.807) is 0 Å². The van der Waals surface area contributed by atoms with Crippen LogP contribution in [0.4, 0.5) is 0 Å². The number of piperidine rings is 1. The highest BCUT2D eigenvalue weighted by Gasteiger charge is 2.42. The molecular formula is C9H17N2O4P. The molecule has 16 heavy (non-hydrogen) atoms. The molecule has 92 valence electrons. The van der Waals surface area contributed by atoms with Gasteiger partial charge in [0.25, 0.3) is 13.4 Å². The molecule has 1 aliphatic heterocycles. The van der Waals surface area contributed by atoms with Gasteiger partial charge < -0.3 is 4.89 Å². The summed E-state index contributed by atoms with van der Waals surface area (Å²) in [5, 5.41) is 12.4. The second kappa shape index (κ2) is 4.45. The van der Waals surface area contributed by atoms with Crippen molar-refractivity contribution in [3.05, 3.63) is 0 Å². The third-order valence-electron chi connectivity index (χ3n) is 3.11. The SMILES string of the molecule is O=C1C(P(=O)(O)NCC2CC2)CCCN1O. The highest BCUT2D eigenvalue weighted by Crippen LogP contribution is 2.47. The zero-order valence-electron chi connectivity index (χ0n) is 9.00. The smallest absolute Gasteiger partial charge is 0.279 e. The predicted octanol–water partition coefficient (Wildman–Crippen LogP) is 0.552. The van der Waals surface area contributed by atoms with Gasteiger partial charge in [0.05, 0.1) is 0 Å². The van der Waals surface area contributed by atoms with E-state index in [0.29, 0.717) is 30.4 Å². The molecule has 3 N–H and O–H groups in total. The first-order valence-corrected chi connectivity index (χ1v) is 7.31. The largest absolute Gasteiger partial charge is 0.333 e. The molecule has 2 unspecified atom stereocenters. The molecular weight excluding hydrogens is 231 g/mol. The van der Waals surface area contributed by atoms with Gasteiger partial charge in [0, 0.05) is 13.1 Å². The molecule has 0 aromatic carbocycles. The van der Waals surface area contributed by atoms with E-state index in [9.17, 15) is 19.5 Å². The molecule has 0 aromatic heterocycles. The number of rotatable bonds is 4. The quantitative estimate of drug-likeness (QED) is 0.499. The van der Waals surface area contributed by atoms with Crippen molar-refractivity contribution in [1.82, 2.24) is 10.2 Å². The fourth-order valence-electron chi connectivity index (χ4n) is 1.86. The van der Waals surface area contributed by atoms with Crippen LogP contribution in [0.2, 0.25) is 0 Å². The maximum Gasteiger partial charge on any atom is 0.279 e. The Balaban J connectivity index is 1.96. The van der Waals surface area contributed by atoms with Gasteiger partial charge in [-0.15, -0.1) is 0 Å². The Morgan fingerprint density at radius 1 is 1.44 bits per heavy atom. The first-order chi connectivity index (χ1) is 7.50. The summed E-state index contributed by atoms with van der Waals surface area (Å²) >= 11 is 0. The number of carbonyl (C=O) groups excluding carboxylic acids is 1. The number of amides is 1. The van der Waals surface area contributed by atoms with Gasteiger partial charge in [0.1, 0.15) is 5.66 Å². The number of nitrogens with zero attached hydrogens (tertiary/aromatic N) is 1. The Labute approximate surface area is 94.1 Å². The molecule has 0 aromatic rings. The Morgan fingerprint density at radius 3 is 2.75 bits per heavy atom. The van der Waals surface area contributed by atoms with Crippen molar-refractivity contribution in [2.45, 2.75) is 31.3 Å². The minimum absolute atomic E-state index is 0.248. The average molecular weight is 248 g/mol. The molecule has 1 heterocycles. The molecule has 1 saturated carbocycles. The van der Waals surface area contributed by atoms with Crippen LogP contribution in [0.25, 0.3) is 0 Å². The molecule has 7 heteroatoms. The van der Waals surface area contributed by atoms with Crippen molar-refractivity contribution in [3.63, 3.8) is 0 Å². The topological polar surface area (TPSA) is 89.9 Å². The van der Waals surface area contributed by atoms with Crippen LogP contribution in [-0.4, -0.2) is 39.8 Å². The summed E-state index contributed by atoms with van der Waals surface area (Å²) in [5.74, 6) is -0.162. The third-order valence-corrected chi connectivity index (χ3v) is 5.07. The monoisotopic (exact) mass is 248 g/mol. The molecule has 0 bridgehead atoms. The molecule has 2 atom stereocenters. The number of hydroxylamine groups is 2. The van der Waals surface area contributed by atoms with Crippen LogP contribution in [0.5, 0.6) is 0 Å². The molecule has 2 fully saturated rings. The summed E-state index contributed by atoms with van der Waals surface area (Å²) in [6.07, 6.45) is 3.08. The van der Waals surface area contributed by atoms with Gasteiger partial charge in [0.15, 0.2) is 0 Å². The zero-order chi connectivity index (χ0) is 11.8. The van der Waals surface area contributed by atoms with Crippen LogP contribution in [0.1, 0.15) is 25.7 Å². The van der Waals surface area contributed by atoms with E-state index in [4.69, 9.17) is 0 Å². The lowest BCUT2D eigenvalue weighted by molar-refractivity contribution is -0.169. The lowest BCUT2D eigenvalue weighted by Gasteiger charge is -2.30. The van der Waals surface area contributed by atoms with E-state index in [0.717, 1.165) is 12.8 Å². The summed E-state index contributed by atoms with van der Waals surface area (Å²) in [7, 11) is -3.68. The number of hydrogen-bond donors (Lipinski definition) is 3. The fraction of sp³-hybridized carbons (Fsp3) is 0.889. The van der Waals surface area contributed by atoms with Crippen LogP contribution in [0.15, 0.2) is 0 Å². The van der Waals surface area contributed by atoms with Gasteiger partial charge in [-0.2, -0.15) is 0 Å². The standard InChI is InChI=1S/C9H17N2O4P/c12-9-8(2-1-5-11(9)13)16(14,15)10-6-7-3-4-7/h7-8,13H,1-6H2,(H2,10,14,15). The van der Waals surface area contributed by atoms with E-state index >= 15 is 0 Å². The van der Waals surface area contributed by atoms with Gasteiger partial charge in [-0.3, -0.25) is 14.6 Å². The number of nitrogens with one attached hydrogen (secondary N) is 1. The molecule has 0 radical (unpaired) electrons. The summed E-state index contributed by atoms with van der Waals surface area (Å²) in [4.78, 5) is 21.3. The van der Waals surface area contributed by atoms with Crippen molar-refractivity contribution in [2.75, 3.05) is 13.1 Å². The Morgan fingerprint density at radius 2 is 2.12 bits per heavy atom. The second-order valence-electron chi connectivity index (χ2n) is 4.55. The zero-order valence-corrected chi connectivity index (χ0v) is 9.90. The number of carbonyl (C=O) groups is 1. The van der Waals surface area contributed by atoms with Crippen LogP contribution in [-0.2, 0) is 9.36 Å². The molecule has 2 rings (SSSR count). The maximum atomic E-state index is 11.9. The van der Waals surface area contributed by atoms with E-state index in [-0.39, 0.29) is 6.54 Å². The Bertz CT molecular complexity index is 331. The maximum absolute atomic E-state index is 11.9. The van der Waals surface area contributed by atoms with Crippen LogP contribution in [0, 0.1) is 5.92 Å². The van der Waals surface area contributed by atoms with Gasteiger partial charge in [-0.1, -0.05) is 0 Å². The van der Waals surface area contributed by atoms with Gasteiger partial charge >= 0.3 is 0 Å². The lowest BCUT2D eigenvalue weighted by atomic mass is 10.1. The van der Waals surface area contributed by atoms with Crippen LogP contribution < -0.4 is 5.09 Å². The molecule has 6 nitrogen and oxygen atoms in total. The van der Waals surface area contributed by atoms with Crippen molar-refractivity contribution >= 4 is 13.4 Å². The predicted molar refractivity (Wildman–Crippen MR) is 57.1 cm³/mol. The van der Waals surface area contributed by atoms with Gasteiger partial charge in [-0.25, -0.2) is 10.2 Å². The average Bonchev–Trinajstić information content (AvgIpc) is 3.03. The molecule has 2 aliphatic rings. The van der Waals surface area contributed by atoms with E-state index in [1.807, 2.05) is 0 Å². The van der Waals surface area contributed by atoms with E-state index in [2.05, 4.69) is 5.09 Å². The number of hydrogen-bond acceptors (Lipinski definition) is 3. The minimum atomic E-state index is -3.68. The highest BCUT2D eigenvalue weighted by atomic mass is 31.2. The van der Waals surface area contributed by atoms with E-state index in [1.165, 1.54) is 0 Å². The summed E-state index contributed by atoms with van der Waals surface area (Å²) in [5.41, 5.74) is -0.981. The van der Waals surface area contributed by atoms with Gasteiger partial charge in [0.2, 0.25) is 0 Å². The van der Waals surface area contributed by atoms with Crippen molar-refractivity contribution in [1.29, 1.82) is 0 Å². The van der Waals surface area contributed by atoms with Crippen molar-refractivity contribution < 1.29 is 19.5 Å². The first kappa shape index (κ1) is 12.0. The summed E-state index contributed by atoms with van der Waals surface area (Å²) in [6, 6.07) is 0. The highest BCUT2D eigenvalue weighted by molar-refractivity contribution is 7.57. The molecule has 1 amide bonds. The molecule has 1 aliphatic carbocycles. The van der Waals surface area contributed by atoms with Crippen molar-refractivity contribution in [2.24, 2.45) is 5.92 Å². The molecule has 1 saturated heterocycles. The summed E-state index contributed by atoms with van der Waals surface area (Å²) < 4.78 is 11.9. The third kappa shape index (κ3) is 2.63. The molecule has 0 spiro atoms. The lowest BCUT2D eigenvalue weighted by Crippen LogP contribution is -2.43.